The zero-order valence-corrected chi connectivity index (χ0v) is 16.8. The van der Waals surface area contributed by atoms with Crippen LogP contribution in [0.15, 0.2) is 30.3 Å². The molecule has 0 spiro atoms. The number of ether oxygens (including phenoxy) is 2. The molecule has 24 heavy (non-hydrogen) atoms. The summed E-state index contributed by atoms with van der Waals surface area (Å²) in [6.07, 6.45) is 1.27. The van der Waals surface area contributed by atoms with Gasteiger partial charge in [0.05, 0.1) is 0 Å². The third-order valence-electron chi connectivity index (χ3n) is 4.02. The number of benzene rings is 2. The molecule has 2 aromatic rings. The normalized spacial score (nSPS) is 10.5. The molecule has 0 aliphatic heterocycles. The van der Waals surface area contributed by atoms with Gasteiger partial charge >= 0.3 is 5.97 Å². The maximum atomic E-state index is 11.6. The van der Waals surface area contributed by atoms with E-state index in [1.54, 1.807) is 6.92 Å². The van der Waals surface area contributed by atoms with Gasteiger partial charge in [0.2, 0.25) is 0 Å². The first-order valence-corrected chi connectivity index (χ1v) is 9.25. The Bertz CT molecular complexity index is 738. The van der Waals surface area contributed by atoms with Crippen molar-refractivity contribution in [2.75, 3.05) is 0 Å². The lowest BCUT2D eigenvalue weighted by Crippen LogP contribution is -2.10. The molecule has 2 rings (SSSR count). The first-order chi connectivity index (χ1) is 11.5. The Morgan fingerprint density at radius 2 is 1.79 bits per heavy atom. The van der Waals surface area contributed by atoms with Gasteiger partial charge in [-0.05, 0) is 77.7 Å². The van der Waals surface area contributed by atoms with Crippen LogP contribution in [-0.2, 0) is 17.8 Å². The second-order valence-electron chi connectivity index (χ2n) is 5.73. The average molecular weight is 438 g/mol. The number of hydrogen-bond acceptors (Lipinski definition) is 3. The third-order valence-corrected chi connectivity index (χ3v) is 5.03. The Hall–Kier alpha value is -1.56. The van der Waals surface area contributed by atoms with Crippen LogP contribution < -0.4 is 9.47 Å². The predicted octanol–water partition coefficient (Wildman–Crippen LogP) is 5.36. The molecule has 0 saturated carbocycles. The van der Waals surface area contributed by atoms with Gasteiger partial charge in [-0.15, -0.1) is 0 Å². The van der Waals surface area contributed by atoms with Gasteiger partial charge in [0.15, 0.2) is 0 Å². The average Bonchev–Trinajstić information content (AvgIpc) is 2.56. The Labute approximate surface area is 157 Å². The molecule has 0 N–H and O–H groups in total. The summed E-state index contributed by atoms with van der Waals surface area (Å²) in [5.41, 5.74) is 4.57. The van der Waals surface area contributed by atoms with Crippen LogP contribution in [0, 0.1) is 17.4 Å². The number of hydrogen-bond donors (Lipinski definition) is 0. The van der Waals surface area contributed by atoms with E-state index in [0.717, 1.165) is 21.3 Å². The van der Waals surface area contributed by atoms with E-state index in [-0.39, 0.29) is 5.97 Å². The van der Waals surface area contributed by atoms with Crippen molar-refractivity contribution in [3.63, 3.8) is 0 Å². The van der Waals surface area contributed by atoms with Gasteiger partial charge < -0.3 is 9.47 Å². The quantitative estimate of drug-likeness (QED) is 0.346. The maximum absolute atomic E-state index is 11.6. The molecule has 0 aliphatic rings. The first kappa shape index (κ1) is 18.8. The van der Waals surface area contributed by atoms with Gasteiger partial charge in [0, 0.05) is 15.6 Å². The van der Waals surface area contributed by atoms with E-state index in [1.165, 1.54) is 16.7 Å². The SMILES string of the molecule is CCC(=O)Oc1cccc(I)c1COc1cc(C)c(C)cc1CC. The minimum Gasteiger partial charge on any atom is -0.488 e. The minimum atomic E-state index is -0.237. The second-order valence-corrected chi connectivity index (χ2v) is 6.89. The molecule has 2 aromatic carbocycles. The Kier molecular flexibility index (Phi) is 6.66. The summed E-state index contributed by atoms with van der Waals surface area (Å²) in [6, 6.07) is 9.95. The molecule has 0 atom stereocenters. The van der Waals surface area contributed by atoms with Gasteiger partial charge in [-0.1, -0.05) is 26.0 Å². The lowest BCUT2D eigenvalue weighted by molar-refractivity contribution is -0.134. The van der Waals surface area contributed by atoms with E-state index in [4.69, 9.17) is 9.47 Å². The van der Waals surface area contributed by atoms with Crippen LogP contribution >= 0.6 is 22.6 Å². The van der Waals surface area contributed by atoms with E-state index >= 15 is 0 Å². The smallest absolute Gasteiger partial charge is 0.310 e. The van der Waals surface area contributed by atoms with E-state index in [0.29, 0.717) is 18.8 Å². The number of halogens is 1. The molecular formula is C20H23IO3. The molecule has 128 valence electrons. The lowest BCUT2D eigenvalue weighted by atomic mass is 10.0. The largest absolute Gasteiger partial charge is 0.488 e. The molecule has 4 heteroatoms. The molecule has 0 unspecified atom stereocenters. The van der Waals surface area contributed by atoms with Crippen molar-refractivity contribution >= 4 is 28.6 Å². The molecule has 0 fully saturated rings. The van der Waals surface area contributed by atoms with Gasteiger partial charge in [-0.25, -0.2) is 0 Å². The van der Waals surface area contributed by atoms with E-state index in [2.05, 4.69) is 55.5 Å². The summed E-state index contributed by atoms with van der Waals surface area (Å²) in [5.74, 6) is 1.24. The standard InChI is InChI=1S/C20H23IO3/c1-5-15-10-13(3)14(4)11-19(15)23-12-16-17(21)8-7-9-18(16)24-20(22)6-2/h7-11H,5-6,12H2,1-4H3. The van der Waals surface area contributed by atoms with Crippen molar-refractivity contribution in [2.45, 2.75) is 47.1 Å². The fourth-order valence-corrected chi connectivity index (χ4v) is 3.01. The number of esters is 1. The first-order valence-electron chi connectivity index (χ1n) is 8.17. The molecule has 3 nitrogen and oxygen atoms in total. The third kappa shape index (κ3) is 4.50. The summed E-state index contributed by atoms with van der Waals surface area (Å²) in [7, 11) is 0. The van der Waals surface area contributed by atoms with Crippen molar-refractivity contribution in [1.82, 2.24) is 0 Å². The molecule has 0 bridgehead atoms. The molecule has 0 aromatic heterocycles. The fraction of sp³-hybridized carbons (Fsp3) is 0.350. The molecule has 0 aliphatic carbocycles. The molecular weight excluding hydrogens is 415 g/mol. The van der Waals surface area contributed by atoms with Crippen molar-refractivity contribution in [3.8, 4) is 11.5 Å². The highest BCUT2D eigenvalue weighted by Gasteiger charge is 2.13. The maximum Gasteiger partial charge on any atom is 0.310 e. The van der Waals surface area contributed by atoms with Gasteiger partial charge in [0.1, 0.15) is 18.1 Å². The van der Waals surface area contributed by atoms with E-state index in [1.807, 2.05) is 18.2 Å². The number of carbonyl (C=O) groups is 1. The van der Waals surface area contributed by atoms with Gasteiger partial charge in [-0.2, -0.15) is 0 Å². The zero-order valence-electron chi connectivity index (χ0n) is 14.6. The predicted molar refractivity (Wildman–Crippen MR) is 105 cm³/mol. The number of carbonyl (C=O) groups excluding carboxylic acids is 1. The Morgan fingerprint density at radius 3 is 2.46 bits per heavy atom. The highest BCUT2D eigenvalue weighted by molar-refractivity contribution is 14.1. The van der Waals surface area contributed by atoms with Crippen molar-refractivity contribution < 1.29 is 14.3 Å². The Morgan fingerprint density at radius 1 is 1.08 bits per heavy atom. The topological polar surface area (TPSA) is 35.5 Å². The Balaban J connectivity index is 2.26. The molecule has 0 amide bonds. The fourth-order valence-electron chi connectivity index (χ4n) is 2.38. The van der Waals surface area contributed by atoms with Crippen molar-refractivity contribution in [1.29, 1.82) is 0 Å². The minimum absolute atomic E-state index is 0.237. The highest BCUT2D eigenvalue weighted by atomic mass is 127. The monoisotopic (exact) mass is 438 g/mol. The summed E-state index contributed by atoms with van der Waals surface area (Å²) in [4.78, 5) is 11.6. The number of rotatable bonds is 6. The summed E-state index contributed by atoms with van der Waals surface area (Å²) in [5, 5.41) is 0. The molecule has 0 saturated heterocycles. The lowest BCUT2D eigenvalue weighted by Gasteiger charge is -2.16. The molecule has 0 radical (unpaired) electrons. The van der Waals surface area contributed by atoms with Crippen LogP contribution in [0.2, 0.25) is 0 Å². The van der Waals surface area contributed by atoms with Crippen LogP contribution in [0.25, 0.3) is 0 Å². The second kappa shape index (κ2) is 8.51. The summed E-state index contributed by atoms with van der Waals surface area (Å²) < 4.78 is 12.6. The van der Waals surface area contributed by atoms with Crippen LogP contribution in [0.3, 0.4) is 0 Å². The molecule has 0 heterocycles. The van der Waals surface area contributed by atoms with Crippen LogP contribution in [0.1, 0.15) is 42.5 Å². The van der Waals surface area contributed by atoms with E-state index in [9.17, 15) is 4.79 Å². The number of aryl methyl sites for hydroxylation is 3. The van der Waals surface area contributed by atoms with Crippen molar-refractivity contribution in [3.05, 3.63) is 56.2 Å². The van der Waals surface area contributed by atoms with Gasteiger partial charge in [0.25, 0.3) is 0 Å². The van der Waals surface area contributed by atoms with E-state index < -0.39 is 0 Å². The van der Waals surface area contributed by atoms with Crippen LogP contribution in [0.4, 0.5) is 0 Å². The van der Waals surface area contributed by atoms with Crippen LogP contribution in [-0.4, -0.2) is 5.97 Å². The van der Waals surface area contributed by atoms with Crippen LogP contribution in [0.5, 0.6) is 11.5 Å². The van der Waals surface area contributed by atoms with Crippen molar-refractivity contribution in [2.24, 2.45) is 0 Å². The van der Waals surface area contributed by atoms with Gasteiger partial charge in [-0.3, -0.25) is 4.79 Å². The summed E-state index contributed by atoms with van der Waals surface area (Å²) in [6.45, 7) is 8.48. The zero-order chi connectivity index (χ0) is 17.7. The summed E-state index contributed by atoms with van der Waals surface area (Å²) >= 11 is 2.25. The highest BCUT2D eigenvalue weighted by Crippen LogP contribution is 2.29.